The van der Waals surface area contributed by atoms with Crippen molar-refractivity contribution in [2.45, 2.75) is 12.8 Å². The molecule has 24 heavy (non-hydrogen) atoms. The number of hydrogen-bond acceptors (Lipinski definition) is 4. The standard InChI is InChI=1S/C18H22N4O2/c19-11-9-13-1-5-15(6-2-13)21-17(23)18(24)22-16-7-3-14(4-8-16)10-12-20/h1-8H,9-12,19-20H2,(H,21,23)(H,22,24). The summed E-state index contributed by atoms with van der Waals surface area (Å²) < 4.78 is 0. The molecule has 0 aliphatic carbocycles. The molecule has 0 bridgehead atoms. The summed E-state index contributed by atoms with van der Waals surface area (Å²) in [5, 5.41) is 5.13. The Hall–Kier alpha value is -2.70. The fraction of sp³-hybridized carbons (Fsp3) is 0.222. The Morgan fingerprint density at radius 1 is 0.667 bits per heavy atom. The van der Waals surface area contributed by atoms with Crippen LogP contribution < -0.4 is 22.1 Å². The molecule has 2 aromatic carbocycles. The Morgan fingerprint density at radius 3 is 1.29 bits per heavy atom. The molecule has 126 valence electrons. The topological polar surface area (TPSA) is 110 Å². The minimum Gasteiger partial charge on any atom is -0.330 e. The van der Waals surface area contributed by atoms with Crippen molar-refractivity contribution in [3.8, 4) is 0 Å². The predicted octanol–water partition coefficient (Wildman–Crippen LogP) is 1.27. The molecule has 0 unspecified atom stereocenters. The molecule has 0 aliphatic rings. The highest BCUT2D eigenvalue weighted by molar-refractivity contribution is 6.43. The smallest absolute Gasteiger partial charge is 0.314 e. The third kappa shape index (κ3) is 5.19. The first-order valence-electron chi connectivity index (χ1n) is 7.82. The lowest BCUT2D eigenvalue weighted by atomic mass is 10.1. The van der Waals surface area contributed by atoms with Gasteiger partial charge in [-0.05, 0) is 61.3 Å². The molecule has 2 rings (SSSR count). The Labute approximate surface area is 141 Å². The van der Waals surface area contributed by atoms with Crippen LogP contribution in [0.15, 0.2) is 48.5 Å². The minimum atomic E-state index is -0.715. The van der Waals surface area contributed by atoms with E-state index >= 15 is 0 Å². The van der Waals surface area contributed by atoms with Gasteiger partial charge in [-0.1, -0.05) is 24.3 Å². The van der Waals surface area contributed by atoms with Crippen LogP contribution in [0.5, 0.6) is 0 Å². The molecule has 6 heteroatoms. The maximum atomic E-state index is 11.9. The Kier molecular flexibility index (Phi) is 6.48. The highest BCUT2D eigenvalue weighted by Crippen LogP contribution is 2.12. The molecular formula is C18H22N4O2. The number of nitrogens with two attached hydrogens (primary N) is 2. The summed E-state index contributed by atoms with van der Waals surface area (Å²) >= 11 is 0. The zero-order valence-electron chi connectivity index (χ0n) is 13.4. The van der Waals surface area contributed by atoms with Crippen molar-refractivity contribution in [2.24, 2.45) is 11.5 Å². The lowest BCUT2D eigenvalue weighted by Gasteiger charge is -2.08. The molecule has 0 aliphatic heterocycles. The molecular weight excluding hydrogens is 304 g/mol. The van der Waals surface area contributed by atoms with E-state index in [1.165, 1.54) is 0 Å². The molecule has 0 atom stereocenters. The van der Waals surface area contributed by atoms with E-state index < -0.39 is 11.8 Å². The van der Waals surface area contributed by atoms with E-state index in [4.69, 9.17) is 11.5 Å². The monoisotopic (exact) mass is 326 g/mol. The zero-order chi connectivity index (χ0) is 17.4. The van der Waals surface area contributed by atoms with Crippen molar-refractivity contribution in [2.75, 3.05) is 23.7 Å². The largest absolute Gasteiger partial charge is 0.330 e. The second-order valence-corrected chi connectivity index (χ2v) is 5.38. The number of carbonyl (C=O) groups is 2. The highest BCUT2D eigenvalue weighted by atomic mass is 16.2. The van der Waals surface area contributed by atoms with Crippen molar-refractivity contribution in [1.82, 2.24) is 0 Å². The second-order valence-electron chi connectivity index (χ2n) is 5.38. The predicted molar refractivity (Wildman–Crippen MR) is 95.7 cm³/mol. The van der Waals surface area contributed by atoms with Crippen LogP contribution in [0.2, 0.25) is 0 Å². The van der Waals surface area contributed by atoms with Crippen molar-refractivity contribution >= 4 is 23.2 Å². The average Bonchev–Trinajstić information content (AvgIpc) is 2.59. The first-order valence-corrected chi connectivity index (χ1v) is 7.82. The van der Waals surface area contributed by atoms with E-state index in [0.29, 0.717) is 24.5 Å². The molecule has 6 nitrogen and oxygen atoms in total. The molecule has 0 radical (unpaired) electrons. The Balaban J connectivity index is 1.90. The maximum Gasteiger partial charge on any atom is 0.314 e. The van der Waals surface area contributed by atoms with E-state index in [1.807, 2.05) is 24.3 Å². The van der Waals surface area contributed by atoms with Crippen LogP contribution in [0, 0.1) is 0 Å². The second kappa shape index (κ2) is 8.81. The number of nitrogens with one attached hydrogen (secondary N) is 2. The SMILES string of the molecule is NCCc1ccc(NC(=O)C(=O)Nc2ccc(CCN)cc2)cc1. The van der Waals surface area contributed by atoms with E-state index in [9.17, 15) is 9.59 Å². The van der Waals surface area contributed by atoms with Crippen LogP contribution in [0.4, 0.5) is 11.4 Å². The first-order chi connectivity index (χ1) is 11.6. The Bertz CT molecular complexity index is 620. The van der Waals surface area contributed by atoms with Gasteiger partial charge in [-0.2, -0.15) is 0 Å². The summed E-state index contributed by atoms with van der Waals surface area (Å²) in [6, 6.07) is 14.5. The number of hydrogen-bond donors (Lipinski definition) is 4. The summed E-state index contributed by atoms with van der Waals surface area (Å²) in [6.07, 6.45) is 1.55. The highest BCUT2D eigenvalue weighted by Gasteiger charge is 2.14. The molecule has 2 amide bonds. The van der Waals surface area contributed by atoms with E-state index in [1.54, 1.807) is 24.3 Å². The van der Waals surface area contributed by atoms with Crippen LogP contribution in [-0.2, 0) is 22.4 Å². The van der Waals surface area contributed by atoms with Gasteiger partial charge >= 0.3 is 11.8 Å². The van der Waals surface area contributed by atoms with Gasteiger partial charge in [0.05, 0.1) is 0 Å². The van der Waals surface area contributed by atoms with Crippen LogP contribution in [0.25, 0.3) is 0 Å². The number of amides is 2. The molecule has 6 N–H and O–H groups in total. The summed E-state index contributed by atoms with van der Waals surface area (Å²) in [7, 11) is 0. The van der Waals surface area contributed by atoms with Crippen molar-refractivity contribution in [3.05, 3.63) is 59.7 Å². The number of benzene rings is 2. The Morgan fingerprint density at radius 2 is 1.00 bits per heavy atom. The molecule has 0 fully saturated rings. The van der Waals surface area contributed by atoms with Gasteiger partial charge in [0.1, 0.15) is 0 Å². The molecule has 0 aromatic heterocycles. The van der Waals surface area contributed by atoms with Crippen LogP contribution >= 0.6 is 0 Å². The number of anilines is 2. The minimum absolute atomic E-state index is 0.564. The molecule has 2 aromatic rings. The van der Waals surface area contributed by atoms with Gasteiger partial charge in [0.2, 0.25) is 0 Å². The maximum absolute atomic E-state index is 11.9. The average molecular weight is 326 g/mol. The lowest BCUT2D eigenvalue weighted by molar-refractivity contribution is -0.132. The van der Waals surface area contributed by atoms with Gasteiger partial charge in [-0.25, -0.2) is 0 Å². The van der Waals surface area contributed by atoms with Crippen LogP contribution in [-0.4, -0.2) is 24.9 Å². The van der Waals surface area contributed by atoms with Crippen molar-refractivity contribution in [1.29, 1.82) is 0 Å². The molecule has 0 saturated heterocycles. The quantitative estimate of drug-likeness (QED) is 0.599. The zero-order valence-corrected chi connectivity index (χ0v) is 13.4. The van der Waals surface area contributed by atoms with E-state index in [0.717, 1.165) is 24.0 Å². The molecule has 0 saturated carbocycles. The van der Waals surface area contributed by atoms with Gasteiger partial charge in [0.15, 0.2) is 0 Å². The lowest BCUT2D eigenvalue weighted by Crippen LogP contribution is -2.29. The number of rotatable bonds is 6. The summed E-state index contributed by atoms with van der Waals surface area (Å²) in [6.45, 7) is 1.14. The third-order valence-corrected chi connectivity index (χ3v) is 3.50. The van der Waals surface area contributed by atoms with Crippen LogP contribution in [0.1, 0.15) is 11.1 Å². The first kappa shape index (κ1) is 17.7. The van der Waals surface area contributed by atoms with Crippen molar-refractivity contribution in [3.63, 3.8) is 0 Å². The van der Waals surface area contributed by atoms with E-state index in [-0.39, 0.29) is 0 Å². The van der Waals surface area contributed by atoms with Crippen molar-refractivity contribution < 1.29 is 9.59 Å². The van der Waals surface area contributed by atoms with E-state index in [2.05, 4.69) is 10.6 Å². The van der Waals surface area contributed by atoms with Gasteiger partial charge in [0, 0.05) is 11.4 Å². The number of carbonyl (C=O) groups excluding carboxylic acids is 2. The third-order valence-electron chi connectivity index (χ3n) is 3.50. The summed E-state index contributed by atoms with van der Waals surface area (Å²) in [5.74, 6) is -1.43. The van der Waals surface area contributed by atoms with Gasteiger partial charge in [-0.3, -0.25) is 9.59 Å². The van der Waals surface area contributed by atoms with Gasteiger partial charge in [-0.15, -0.1) is 0 Å². The fourth-order valence-electron chi connectivity index (χ4n) is 2.22. The summed E-state index contributed by atoms with van der Waals surface area (Å²) in [5.41, 5.74) is 14.3. The molecule has 0 spiro atoms. The summed E-state index contributed by atoms with van der Waals surface area (Å²) in [4.78, 5) is 23.9. The van der Waals surface area contributed by atoms with Gasteiger partial charge in [0.25, 0.3) is 0 Å². The van der Waals surface area contributed by atoms with Crippen LogP contribution in [0.3, 0.4) is 0 Å². The molecule has 0 heterocycles. The normalized spacial score (nSPS) is 10.2. The fourth-order valence-corrected chi connectivity index (χ4v) is 2.22. The van der Waals surface area contributed by atoms with Gasteiger partial charge < -0.3 is 22.1 Å².